The largest absolute Gasteiger partial charge is 0.314 e. The van der Waals surface area contributed by atoms with Crippen molar-refractivity contribution in [2.75, 3.05) is 20.6 Å². The molecule has 0 saturated carbocycles. The van der Waals surface area contributed by atoms with Gasteiger partial charge in [-0.25, -0.2) is 5.48 Å². The van der Waals surface area contributed by atoms with Gasteiger partial charge in [0.15, 0.2) is 0 Å². The van der Waals surface area contributed by atoms with Gasteiger partial charge in [0.05, 0.1) is 0 Å². The van der Waals surface area contributed by atoms with Crippen LogP contribution in [0.25, 0.3) is 0 Å². The van der Waals surface area contributed by atoms with Crippen LogP contribution in [0.5, 0.6) is 0 Å². The van der Waals surface area contributed by atoms with Gasteiger partial charge in [-0.15, -0.1) is 0 Å². The van der Waals surface area contributed by atoms with Gasteiger partial charge in [-0.2, -0.15) is 0 Å². The summed E-state index contributed by atoms with van der Waals surface area (Å²) in [4.78, 5) is 13.5. The Hall–Kier alpha value is -0.650. The summed E-state index contributed by atoms with van der Waals surface area (Å²) in [7, 11) is 3.97. The Morgan fingerprint density at radius 1 is 1.67 bits per heavy atom. The van der Waals surface area contributed by atoms with Gasteiger partial charge in [0.1, 0.15) is 0 Å². The van der Waals surface area contributed by atoms with Crippen molar-refractivity contribution in [3.63, 3.8) is 0 Å². The summed E-state index contributed by atoms with van der Waals surface area (Å²) >= 11 is 0. The Kier molecular flexibility index (Phi) is 4.07. The SMILES string of the molecule is CNC1(CC(=O)NO)CCN(C)C(C)C1. The highest BCUT2D eigenvalue weighted by atomic mass is 16.5. The molecular formula is C10H21N3O2. The fraction of sp³-hybridized carbons (Fsp3) is 0.900. The van der Waals surface area contributed by atoms with E-state index in [1.165, 1.54) is 0 Å². The number of likely N-dealkylation sites (tertiary alicyclic amines) is 1. The Balaban J connectivity index is 2.65. The summed E-state index contributed by atoms with van der Waals surface area (Å²) in [6, 6.07) is 0.456. The van der Waals surface area contributed by atoms with Gasteiger partial charge < -0.3 is 10.2 Å². The molecule has 1 fully saturated rings. The number of hydrogen-bond donors (Lipinski definition) is 3. The lowest BCUT2D eigenvalue weighted by Gasteiger charge is -2.44. The van der Waals surface area contributed by atoms with Gasteiger partial charge in [0.25, 0.3) is 0 Å². The molecule has 0 aromatic rings. The maximum atomic E-state index is 11.2. The summed E-state index contributed by atoms with van der Waals surface area (Å²) in [5, 5.41) is 11.8. The molecule has 1 saturated heterocycles. The van der Waals surface area contributed by atoms with Crippen LogP contribution in [-0.2, 0) is 4.79 Å². The van der Waals surface area contributed by atoms with Crippen LogP contribution in [-0.4, -0.2) is 48.2 Å². The minimum absolute atomic E-state index is 0.168. The van der Waals surface area contributed by atoms with Gasteiger partial charge in [-0.3, -0.25) is 10.0 Å². The first-order valence-corrected chi connectivity index (χ1v) is 5.35. The molecule has 0 spiro atoms. The Labute approximate surface area is 90.8 Å². The normalized spacial score (nSPS) is 32.7. The van der Waals surface area contributed by atoms with Crippen LogP contribution in [0.2, 0.25) is 0 Å². The van der Waals surface area contributed by atoms with Crippen molar-refractivity contribution < 1.29 is 10.0 Å². The van der Waals surface area contributed by atoms with E-state index in [0.29, 0.717) is 12.5 Å². The van der Waals surface area contributed by atoms with E-state index in [2.05, 4.69) is 24.2 Å². The van der Waals surface area contributed by atoms with E-state index in [1.807, 2.05) is 7.05 Å². The Morgan fingerprint density at radius 2 is 2.33 bits per heavy atom. The molecule has 0 aromatic carbocycles. The first kappa shape index (κ1) is 12.4. The summed E-state index contributed by atoms with van der Waals surface area (Å²) in [6.45, 7) is 3.13. The molecule has 0 radical (unpaired) electrons. The molecule has 0 bridgehead atoms. The lowest BCUT2D eigenvalue weighted by molar-refractivity contribution is -0.131. The third kappa shape index (κ3) is 2.90. The molecule has 15 heavy (non-hydrogen) atoms. The maximum Gasteiger partial charge on any atom is 0.245 e. The van der Waals surface area contributed by atoms with Crippen LogP contribution in [0.4, 0.5) is 0 Å². The van der Waals surface area contributed by atoms with Crippen molar-refractivity contribution in [2.24, 2.45) is 0 Å². The molecule has 0 aromatic heterocycles. The molecule has 2 atom stereocenters. The fourth-order valence-electron chi connectivity index (χ4n) is 2.26. The van der Waals surface area contributed by atoms with Crippen molar-refractivity contribution >= 4 is 5.91 Å². The molecule has 1 aliphatic rings. The van der Waals surface area contributed by atoms with Crippen LogP contribution >= 0.6 is 0 Å². The Bertz CT molecular complexity index is 235. The topological polar surface area (TPSA) is 64.6 Å². The van der Waals surface area contributed by atoms with Crippen molar-refractivity contribution in [3.05, 3.63) is 0 Å². The first-order valence-electron chi connectivity index (χ1n) is 5.35. The summed E-state index contributed by atoms with van der Waals surface area (Å²) in [5.41, 5.74) is 1.54. The number of nitrogens with one attached hydrogen (secondary N) is 2. The second-order valence-corrected chi connectivity index (χ2v) is 4.53. The molecule has 5 heteroatoms. The zero-order valence-electron chi connectivity index (χ0n) is 9.71. The number of nitrogens with zero attached hydrogens (tertiary/aromatic N) is 1. The van der Waals surface area contributed by atoms with Gasteiger partial charge >= 0.3 is 0 Å². The molecule has 1 rings (SSSR count). The van der Waals surface area contributed by atoms with E-state index < -0.39 is 0 Å². The second-order valence-electron chi connectivity index (χ2n) is 4.53. The van der Waals surface area contributed by atoms with Crippen LogP contribution in [0.3, 0.4) is 0 Å². The predicted octanol–water partition coefficient (Wildman–Crippen LogP) is -0.0458. The molecule has 1 amide bonds. The number of rotatable bonds is 3. The van der Waals surface area contributed by atoms with E-state index in [1.54, 1.807) is 5.48 Å². The van der Waals surface area contributed by atoms with Gasteiger partial charge in [0.2, 0.25) is 5.91 Å². The van der Waals surface area contributed by atoms with Gasteiger partial charge in [-0.05, 0) is 40.4 Å². The molecule has 0 aliphatic carbocycles. The van der Waals surface area contributed by atoms with E-state index in [9.17, 15) is 4.79 Å². The van der Waals surface area contributed by atoms with Crippen molar-refractivity contribution in [1.29, 1.82) is 0 Å². The number of piperidine rings is 1. The van der Waals surface area contributed by atoms with Crippen molar-refractivity contribution in [1.82, 2.24) is 15.7 Å². The smallest absolute Gasteiger partial charge is 0.245 e. The van der Waals surface area contributed by atoms with Crippen LogP contribution in [0.15, 0.2) is 0 Å². The van der Waals surface area contributed by atoms with Crippen molar-refractivity contribution in [2.45, 2.75) is 37.8 Å². The minimum atomic E-state index is -0.318. The standard InChI is InChI=1S/C10H21N3O2/c1-8-6-10(11-2,4-5-13(8)3)7-9(14)12-15/h8,11,15H,4-7H2,1-3H3,(H,12,14). The quantitative estimate of drug-likeness (QED) is 0.456. The molecular weight excluding hydrogens is 194 g/mol. The van der Waals surface area contributed by atoms with Crippen LogP contribution in [0, 0.1) is 0 Å². The van der Waals surface area contributed by atoms with E-state index in [4.69, 9.17) is 5.21 Å². The minimum Gasteiger partial charge on any atom is -0.314 e. The number of hydrogen-bond acceptors (Lipinski definition) is 4. The van der Waals surface area contributed by atoms with E-state index >= 15 is 0 Å². The third-order valence-corrected chi connectivity index (χ3v) is 3.54. The zero-order chi connectivity index (χ0) is 11.5. The Morgan fingerprint density at radius 3 is 2.80 bits per heavy atom. The van der Waals surface area contributed by atoms with Crippen LogP contribution < -0.4 is 10.8 Å². The van der Waals surface area contributed by atoms with E-state index in [0.717, 1.165) is 19.4 Å². The van der Waals surface area contributed by atoms with Gasteiger partial charge in [0, 0.05) is 18.0 Å². The lowest BCUT2D eigenvalue weighted by Crippen LogP contribution is -2.56. The third-order valence-electron chi connectivity index (χ3n) is 3.54. The van der Waals surface area contributed by atoms with E-state index in [-0.39, 0.29) is 11.4 Å². The summed E-state index contributed by atoms with van der Waals surface area (Å²) in [6.07, 6.45) is 2.18. The average molecular weight is 215 g/mol. The summed E-state index contributed by atoms with van der Waals surface area (Å²) < 4.78 is 0. The fourth-order valence-corrected chi connectivity index (χ4v) is 2.26. The molecule has 5 nitrogen and oxygen atoms in total. The first-order chi connectivity index (χ1) is 7.03. The zero-order valence-corrected chi connectivity index (χ0v) is 9.71. The van der Waals surface area contributed by atoms with Crippen LogP contribution in [0.1, 0.15) is 26.2 Å². The number of hydroxylamine groups is 1. The highest BCUT2D eigenvalue weighted by Crippen LogP contribution is 2.28. The molecule has 2 unspecified atom stereocenters. The number of amides is 1. The molecule has 1 heterocycles. The highest BCUT2D eigenvalue weighted by molar-refractivity contribution is 5.76. The van der Waals surface area contributed by atoms with Gasteiger partial charge in [-0.1, -0.05) is 0 Å². The lowest BCUT2D eigenvalue weighted by atomic mass is 9.81. The maximum absolute atomic E-state index is 11.2. The predicted molar refractivity (Wildman–Crippen MR) is 57.7 cm³/mol. The molecule has 3 N–H and O–H groups in total. The second kappa shape index (κ2) is 4.92. The number of carbonyl (C=O) groups is 1. The highest BCUT2D eigenvalue weighted by Gasteiger charge is 2.37. The molecule has 1 aliphatic heterocycles. The monoisotopic (exact) mass is 215 g/mol. The number of carbonyl (C=O) groups excluding carboxylic acids is 1. The molecule has 88 valence electrons. The van der Waals surface area contributed by atoms with Crippen molar-refractivity contribution in [3.8, 4) is 0 Å². The average Bonchev–Trinajstić information content (AvgIpc) is 2.23. The summed E-state index contributed by atoms with van der Waals surface area (Å²) in [5.74, 6) is -0.318.